The topological polar surface area (TPSA) is 60.7 Å². The van der Waals surface area contributed by atoms with Crippen LogP contribution in [0.5, 0.6) is 0 Å². The van der Waals surface area contributed by atoms with Gasteiger partial charge in [-0.2, -0.15) is 0 Å². The first-order chi connectivity index (χ1) is 10.9. The third-order valence-electron chi connectivity index (χ3n) is 8.40. The number of aliphatic hydroxyl groups is 3. The van der Waals surface area contributed by atoms with Gasteiger partial charge >= 0.3 is 0 Å². The van der Waals surface area contributed by atoms with Gasteiger partial charge in [0.25, 0.3) is 0 Å². The van der Waals surface area contributed by atoms with Crippen LogP contribution in [0, 0.1) is 28.6 Å². The minimum atomic E-state index is -0.224. The van der Waals surface area contributed by atoms with Crippen LogP contribution in [-0.4, -0.2) is 34.1 Å². The predicted octanol–water partition coefficient (Wildman–Crippen LogP) is 3.03. The van der Waals surface area contributed by atoms with Crippen LogP contribution in [0.2, 0.25) is 0 Å². The van der Waals surface area contributed by atoms with Crippen molar-refractivity contribution in [2.24, 2.45) is 28.6 Å². The van der Waals surface area contributed by atoms with Crippen molar-refractivity contribution in [1.29, 1.82) is 0 Å². The number of fused-ring (bicyclic) bond motifs is 5. The van der Waals surface area contributed by atoms with Crippen molar-refractivity contribution < 1.29 is 15.3 Å². The molecule has 7 atom stereocenters. The van der Waals surface area contributed by atoms with Crippen LogP contribution in [0.4, 0.5) is 0 Å². The Morgan fingerprint density at radius 3 is 2.52 bits per heavy atom. The molecule has 23 heavy (non-hydrogen) atoms. The molecule has 3 nitrogen and oxygen atoms in total. The van der Waals surface area contributed by atoms with E-state index in [1.54, 1.807) is 0 Å². The zero-order valence-electron chi connectivity index (χ0n) is 14.6. The van der Waals surface area contributed by atoms with E-state index in [-0.39, 0.29) is 29.6 Å². The van der Waals surface area contributed by atoms with Crippen molar-refractivity contribution in [2.75, 3.05) is 6.61 Å². The highest BCUT2D eigenvalue weighted by Crippen LogP contribution is 2.65. The molecule has 0 unspecified atom stereocenters. The van der Waals surface area contributed by atoms with E-state index in [0.29, 0.717) is 17.8 Å². The van der Waals surface area contributed by atoms with Gasteiger partial charge < -0.3 is 15.3 Å². The first-order valence-corrected chi connectivity index (χ1v) is 9.58. The molecule has 4 aliphatic rings. The van der Waals surface area contributed by atoms with Gasteiger partial charge in [-0.25, -0.2) is 0 Å². The molecular weight excluding hydrogens is 288 g/mol. The van der Waals surface area contributed by atoms with E-state index < -0.39 is 0 Å². The third kappa shape index (κ3) is 2.06. The quantitative estimate of drug-likeness (QED) is 0.651. The Kier molecular flexibility index (Phi) is 3.72. The zero-order chi connectivity index (χ0) is 16.4. The predicted molar refractivity (Wildman–Crippen MR) is 89.7 cm³/mol. The number of hydrogen-bond acceptors (Lipinski definition) is 3. The second kappa shape index (κ2) is 5.31. The Labute approximate surface area is 139 Å². The smallest absolute Gasteiger partial charge is 0.0596 e. The standard InChI is InChI=1S/C20H32O3/c1-12-9-14-15-3-4-18(23)19(15,2)7-6-16(14)20(11-21)8-5-13(22)10-17(12)20/h13-16,18,21-23H,3-11H2,1-2H3/t13-,14-,15-,16-,18-,19-,20-/m0/s1. The Bertz CT molecular complexity index is 527. The highest BCUT2D eigenvalue weighted by atomic mass is 16.3. The molecular formula is C20H32O3. The lowest BCUT2D eigenvalue weighted by molar-refractivity contribution is -0.0908. The summed E-state index contributed by atoms with van der Waals surface area (Å²) in [5, 5.41) is 31.1. The Hall–Kier alpha value is -0.380. The van der Waals surface area contributed by atoms with Crippen LogP contribution < -0.4 is 0 Å². The highest BCUT2D eigenvalue weighted by Gasteiger charge is 2.60. The molecule has 0 radical (unpaired) electrons. The SMILES string of the molecule is CC1=C2C[C@@H](O)CC[C@]2(CO)[C@H]2CC[C@]3(C)[C@@H](O)CC[C@H]3[C@@H]2C1. The molecule has 3 fully saturated rings. The third-order valence-corrected chi connectivity index (χ3v) is 8.40. The van der Waals surface area contributed by atoms with Crippen LogP contribution in [0.1, 0.15) is 65.2 Å². The maximum atomic E-state index is 10.5. The fourth-order valence-corrected chi connectivity index (χ4v) is 7.12. The molecule has 0 spiro atoms. The van der Waals surface area contributed by atoms with Crippen LogP contribution in [0.25, 0.3) is 0 Å². The van der Waals surface area contributed by atoms with E-state index in [0.717, 1.165) is 51.4 Å². The number of hydrogen-bond donors (Lipinski definition) is 3. The number of allylic oxidation sites excluding steroid dienone is 1. The molecule has 3 saturated carbocycles. The lowest BCUT2D eigenvalue weighted by atomic mass is 9.46. The summed E-state index contributed by atoms with van der Waals surface area (Å²) in [6.07, 6.45) is 7.59. The van der Waals surface area contributed by atoms with Crippen LogP contribution in [-0.2, 0) is 0 Å². The van der Waals surface area contributed by atoms with Gasteiger partial charge in [0.1, 0.15) is 0 Å². The summed E-state index contributed by atoms with van der Waals surface area (Å²) in [6.45, 7) is 4.77. The molecule has 3 heteroatoms. The van der Waals surface area contributed by atoms with E-state index in [1.165, 1.54) is 11.1 Å². The summed E-state index contributed by atoms with van der Waals surface area (Å²) in [5.41, 5.74) is 2.80. The molecule has 0 bridgehead atoms. The van der Waals surface area contributed by atoms with Crippen molar-refractivity contribution in [1.82, 2.24) is 0 Å². The fraction of sp³-hybridized carbons (Fsp3) is 0.900. The van der Waals surface area contributed by atoms with E-state index in [1.807, 2.05) is 0 Å². The van der Waals surface area contributed by atoms with Crippen molar-refractivity contribution in [3.63, 3.8) is 0 Å². The Balaban J connectivity index is 1.75. The molecule has 0 heterocycles. The largest absolute Gasteiger partial charge is 0.395 e. The molecule has 4 aliphatic carbocycles. The van der Waals surface area contributed by atoms with E-state index >= 15 is 0 Å². The first kappa shape index (κ1) is 16.1. The maximum Gasteiger partial charge on any atom is 0.0596 e. The van der Waals surface area contributed by atoms with Gasteiger partial charge in [-0.15, -0.1) is 0 Å². The molecule has 0 aromatic rings. The molecule has 0 aromatic carbocycles. The minimum Gasteiger partial charge on any atom is -0.395 e. The van der Waals surface area contributed by atoms with Crippen LogP contribution in [0.3, 0.4) is 0 Å². The summed E-state index contributed by atoms with van der Waals surface area (Å²) in [5.74, 6) is 1.75. The summed E-state index contributed by atoms with van der Waals surface area (Å²) in [4.78, 5) is 0. The average Bonchev–Trinajstić information content (AvgIpc) is 2.84. The van der Waals surface area contributed by atoms with Crippen LogP contribution >= 0.6 is 0 Å². The molecule has 130 valence electrons. The van der Waals surface area contributed by atoms with Gasteiger partial charge in [-0.3, -0.25) is 0 Å². The monoisotopic (exact) mass is 320 g/mol. The first-order valence-electron chi connectivity index (χ1n) is 9.58. The van der Waals surface area contributed by atoms with Crippen molar-refractivity contribution in [3.8, 4) is 0 Å². The highest BCUT2D eigenvalue weighted by molar-refractivity contribution is 5.31. The molecule has 0 saturated heterocycles. The fourth-order valence-electron chi connectivity index (χ4n) is 7.12. The lowest BCUT2D eigenvalue weighted by Gasteiger charge is -2.59. The molecule has 4 rings (SSSR count). The second-order valence-corrected chi connectivity index (χ2v) is 9.19. The summed E-state index contributed by atoms with van der Waals surface area (Å²) < 4.78 is 0. The molecule has 0 aliphatic heterocycles. The number of aliphatic hydroxyl groups excluding tert-OH is 3. The summed E-state index contributed by atoms with van der Waals surface area (Å²) >= 11 is 0. The minimum absolute atomic E-state index is 0.0822. The van der Waals surface area contributed by atoms with Crippen molar-refractivity contribution >= 4 is 0 Å². The molecule has 0 aromatic heterocycles. The summed E-state index contributed by atoms with van der Waals surface area (Å²) in [7, 11) is 0. The van der Waals surface area contributed by atoms with E-state index in [2.05, 4.69) is 13.8 Å². The van der Waals surface area contributed by atoms with Crippen LogP contribution in [0.15, 0.2) is 11.1 Å². The van der Waals surface area contributed by atoms with Gasteiger partial charge in [0.15, 0.2) is 0 Å². The van der Waals surface area contributed by atoms with Crippen molar-refractivity contribution in [3.05, 3.63) is 11.1 Å². The van der Waals surface area contributed by atoms with Gasteiger partial charge in [0.05, 0.1) is 18.8 Å². The van der Waals surface area contributed by atoms with Gasteiger partial charge in [0.2, 0.25) is 0 Å². The van der Waals surface area contributed by atoms with Crippen molar-refractivity contribution in [2.45, 2.75) is 77.4 Å². The maximum absolute atomic E-state index is 10.5. The number of rotatable bonds is 1. The van der Waals surface area contributed by atoms with Gasteiger partial charge in [0, 0.05) is 5.41 Å². The summed E-state index contributed by atoms with van der Waals surface area (Å²) in [6, 6.07) is 0. The molecule has 3 N–H and O–H groups in total. The van der Waals surface area contributed by atoms with E-state index in [4.69, 9.17) is 0 Å². The lowest BCUT2D eigenvalue weighted by Crippen LogP contribution is -2.54. The van der Waals surface area contributed by atoms with Gasteiger partial charge in [-0.05, 0) is 81.5 Å². The zero-order valence-corrected chi connectivity index (χ0v) is 14.6. The molecule has 0 amide bonds. The van der Waals surface area contributed by atoms with E-state index in [9.17, 15) is 15.3 Å². The average molecular weight is 320 g/mol. The normalized spacial score (nSPS) is 52.8. The Morgan fingerprint density at radius 2 is 1.78 bits per heavy atom. The Morgan fingerprint density at radius 1 is 1.00 bits per heavy atom. The van der Waals surface area contributed by atoms with Gasteiger partial charge in [-0.1, -0.05) is 18.1 Å². The second-order valence-electron chi connectivity index (χ2n) is 9.19.